The lowest BCUT2D eigenvalue weighted by Gasteiger charge is -2.06. The summed E-state index contributed by atoms with van der Waals surface area (Å²) in [6.45, 7) is 1.52. The predicted molar refractivity (Wildman–Crippen MR) is 56.8 cm³/mol. The lowest BCUT2D eigenvalue weighted by atomic mass is 10.1. The first-order chi connectivity index (χ1) is 7.38. The number of aliphatic carboxylic acids is 1. The van der Waals surface area contributed by atoms with Crippen LogP contribution in [0.1, 0.15) is 18.6 Å². The number of carboxylic acids is 1. The van der Waals surface area contributed by atoms with E-state index in [1.165, 1.54) is 31.2 Å². The molecule has 0 heterocycles. The van der Waals surface area contributed by atoms with Gasteiger partial charge in [0.05, 0.1) is 10.6 Å². The maximum absolute atomic E-state index is 11.4. The van der Waals surface area contributed by atoms with Crippen molar-refractivity contribution < 1.29 is 23.4 Å². The lowest BCUT2D eigenvalue weighted by molar-refractivity contribution is -0.146. The van der Waals surface area contributed by atoms with Crippen molar-refractivity contribution in [3.8, 4) is 0 Å². The Hall–Kier alpha value is -1.40. The average Bonchev–Trinajstić information content (AvgIpc) is 2.28. The summed E-state index contributed by atoms with van der Waals surface area (Å²) in [5, 5.41) is 17.7. The first kappa shape index (κ1) is 12.7. The Morgan fingerprint density at radius 2 is 1.81 bits per heavy atom. The zero-order valence-electron chi connectivity index (χ0n) is 8.62. The quantitative estimate of drug-likeness (QED) is 0.809. The van der Waals surface area contributed by atoms with E-state index in [0.717, 1.165) is 0 Å². The Balaban J connectivity index is 3.05. The number of hydrogen-bond acceptors (Lipinski definition) is 4. The third kappa shape index (κ3) is 2.59. The molecular weight excluding hydrogens is 232 g/mol. The predicted octanol–water partition coefficient (Wildman–Crippen LogP) is 0.598. The van der Waals surface area contributed by atoms with Crippen molar-refractivity contribution in [3.05, 3.63) is 29.8 Å². The fourth-order valence-electron chi connectivity index (χ4n) is 1.17. The highest BCUT2D eigenvalue weighted by Crippen LogP contribution is 2.17. The summed E-state index contributed by atoms with van der Waals surface area (Å²) in [6, 6.07) is 5.17. The van der Waals surface area contributed by atoms with Crippen LogP contribution in [0.2, 0.25) is 0 Å². The molecule has 2 N–H and O–H groups in total. The van der Waals surface area contributed by atoms with Crippen LogP contribution in [0.15, 0.2) is 29.2 Å². The SMILES string of the molecule is CCS(=O)(=O)c1ccc(C(O)C(=O)O)cc1. The first-order valence-corrected chi connectivity index (χ1v) is 6.27. The number of benzene rings is 1. The maximum atomic E-state index is 11.4. The third-order valence-electron chi connectivity index (χ3n) is 2.17. The fourth-order valence-corrected chi connectivity index (χ4v) is 2.05. The number of hydrogen-bond donors (Lipinski definition) is 2. The second-order valence-electron chi connectivity index (χ2n) is 3.21. The highest BCUT2D eigenvalue weighted by Gasteiger charge is 2.17. The molecule has 0 radical (unpaired) electrons. The molecule has 0 fully saturated rings. The van der Waals surface area contributed by atoms with Gasteiger partial charge in [-0.05, 0) is 17.7 Å². The molecule has 5 nitrogen and oxygen atoms in total. The van der Waals surface area contributed by atoms with Gasteiger partial charge in [-0.25, -0.2) is 13.2 Å². The summed E-state index contributed by atoms with van der Waals surface area (Å²) in [4.78, 5) is 10.6. The van der Waals surface area contributed by atoms with Crippen LogP contribution >= 0.6 is 0 Å². The minimum atomic E-state index is -3.29. The van der Waals surface area contributed by atoms with Crippen LogP contribution in [-0.4, -0.2) is 30.4 Å². The summed E-state index contributed by atoms with van der Waals surface area (Å²) < 4.78 is 22.9. The maximum Gasteiger partial charge on any atom is 0.337 e. The molecule has 1 aromatic carbocycles. The van der Waals surface area contributed by atoms with Crippen molar-refractivity contribution >= 4 is 15.8 Å². The molecule has 1 unspecified atom stereocenters. The Morgan fingerprint density at radius 1 is 1.31 bits per heavy atom. The lowest BCUT2D eigenvalue weighted by Crippen LogP contribution is -2.11. The molecule has 88 valence electrons. The van der Waals surface area contributed by atoms with Gasteiger partial charge in [0.15, 0.2) is 15.9 Å². The molecule has 0 bridgehead atoms. The second kappa shape index (κ2) is 4.63. The molecule has 1 rings (SSSR count). The standard InChI is InChI=1S/C10H12O5S/c1-2-16(14,15)8-5-3-7(4-6-8)9(11)10(12)13/h3-6,9,11H,2H2,1H3,(H,12,13). The van der Waals surface area contributed by atoms with E-state index < -0.39 is 21.9 Å². The highest BCUT2D eigenvalue weighted by atomic mass is 32.2. The normalized spacial score (nSPS) is 13.4. The number of sulfone groups is 1. The smallest absolute Gasteiger partial charge is 0.337 e. The van der Waals surface area contributed by atoms with E-state index in [9.17, 15) is 18.3 Å². The van der Waals surface area contributed by atoms with Gasteiger partial charge in [-0.3, -0.25) is 0 Å². The molecular formula is C10H12O5S. The van der Waals surface area contributed by atoms with Gasteiger partial charge in [0.25, 0.3) is 0 Å². The van der Waals surface area contributed by atoms with E-state index >= 15 is 0 Å². The van der Waals surface area contributed by atoms with Gasteiger partial charge in [0.2, 0.25) is 0 Å². The fraction of sp³-hybridized carbons (Fsp3) is 0.300. The molecule has 6 heteroatoms. The van der Waals surface area contributed by atoms with E-state index in [0.29, 0.717) is 0 Å². The number of carboxylic acid groups (broad SMARTS) is 1. The van der Waals surface area contributed by atoms with Gasteiger partial charge in [-0.2, -0.15) is 0 Å². The summed E-state index contributed by atoms with van der Waals surface area (Å²) in [6.07, 6.45) is -1.63. The van der Waals surface area contributed by atoms with E-state index in [1.54, 1.807) is 0 Å². The Morgan fingerprint density at radius 3 is 2.19 bits per heavy atom. The molecule has 16 heavy (non-hydrogen) atoms. The van der Waals surface area contributed by atoms with Gasteiger partial charge in [0, 0.05) is 0 Å². The largest absolute Gasteiger partial charge is 0.479 e. The third-order valence-corrected chi connectivity index (χ3v) is 3.92. The van der Waals surface area contributed by atoms with Gasteiger partial charge in [-0.1, -0.05) is 19.1 Å². The molecule has 0 spiro atoms. The summed E-state index contributed by atoms with van der Waals surface area (Å²) in [7, 11) is -3.29. The van der Waals surface area contributed by atoms with Crippen molar-refractivity contribution in [2.45, 2.75) is 17.9 Å². The van der Waals surface area contributed by atoms with E-state index in [-0.39, 0.29) is 16.2 Å². The number of aliphatic hydroxyl groups excluding tert-OH is 1. The summed E-state index contributed by atoms with van der Waals surface area (Å²) >= 11 is 0. The van der Waals surface area contributed by atoms with Gasteiger partial charge in [0.1, 0.15) is 0 Å². The minimum absolute atomic E-state index is 0.0200. The zero-order valence-corrected chi connectivity index (χ0v) is 9.44. The van der Waals surface area contributed by atoms with Gasteiger partial charge < -0.3 is 10.2 Å². The molecule has 0 aliphatic carbocycles. The van der Waals surface area contributed by atoms with Crippen LogP contribution in [0.4, 0.5) is 0 Å². The zero-order chi connectivity index (χ0) is 12.3. The molecule has 1 aromatic rings. The Bertz CT molecular complexity index is 474. The number of rotatable bonds is 4. The molecule has 1 atom stereocenters. The van der Waals surface area contributed by atoms with Crippen LogP contribution in [0.3, 0.4) is 0 Å². The Labute approximate surface area is 93.3 Å². The van der Waals surface area contributed by atoms with Crippen LogP contribution in [0.25, 0.3) is 0 Å². The topological polar surface area (TPSA) is 91.7 Å². The molecule has 0 aromatic heterocycles. The average molecular weight is 244 g/mol. The van der Waals surface area contributed by atoms with Crippen molar-refractivity contribution in [2.75, 3.05) is 5.75 Å². The highest BCUT2D eigenvalue weighted by molar-refractivity contribution is 7.91. The van der Waals surface area contributed by atoms with Crippen LogP contribution < -0.4 is 0 Å². The van der Waals surface area contributed by atoms with Gasteiger partial charge >= 0.3 is 5.97 Å². The van der Waals surface area contributed by atoms with Crippen molar-refractivity contribution in [1.29, 1.82) is 0 Å². The van der Waals surface area contributed by atoms with E-state index in [1.807, 2.05) is 0 Å². The number of carbonyl (C=O) groups is 1. The van der Waals surface area contributed by atoms with E-state index in [4.69, 9.17) is 5.11 Å². The van der Waals surface area contributed by atoms with Crippen molar-refractivity contribution in [1.82, 2.24) is 0 Å². The van der Waals surface area contributed by atoms with Gasteiger partial charge in [-0.15, -0.1) is 0 Å². The van der Waals surface area contributed by atoms with Crippen molar-refractivity contribution in [2.24, 2.45) is 0 Å². The molecule has 0 aliphatic rings. The Kier molecular flexibility index (Phi) is 3.66. The minimum Gasteiger partial charge on any atom is -0.479 e. The van der Waals surface area contributed by atoms with E-state index in [2.05, 4.69) is 0 Å². The molecule has 0 aliphatic heterocycles. The number of aliphatic hydroxyl groups is 1. The molecule has 0 saturated carbocycles. The monoisotopic (exact) mass is 244 g/mol. The summed E-state index contributed by atoms with van der Waals surface area (Å²) in [5.41, 5.74) is 0.155. The van der Waals surface area contributed by atoms with Crippen LogP contribution in [-0.2, 0) is 14.6 Å². The van der Waals surface area contributed by atoms with Crippen LogP contribution in [0.5, 0.6) is 0 Å². The molecule has 0 amide bonds. The van der Waals surface area contributed by atoms with Crippen LogP contribution in [0, 0.1) is 0 Å². The molecule has 0 saturated heterocycles. The van der Waals surface area contributed by atoms with Crippen molar-refractivity contribution in [3.63, 3.8) is 0 Å². The second-order valence-corrected chi connectivity index (χ2v) is 5.49. The summed E-state index contributed by atoms with van der Waals surface area (Å²) in [5.74, 6) is -1.39. The first-order valence-electron chi connectivity index (χ1n) is 4.62.